The molecule has 1 unspecified atom stereocenters. The van der Waals surface area contributed by atoms with Gasteiger partial charge in [-0.3, -0.25) is 9.63 Å². The van der Waals surface area contributed by atoms with E-state index in [2.05, 4.69) is 11.9 Å². The zero-order chi connectivity index (χ0) is 16.4. The van der Waals surface area contributed by atoms with Crippen LogP contribution in [0.2, 0.25) is 0 Å². The molecule has 6 heteroatoms. The molecule has 22 heavy (non-hydrogen) atoms. The summed E-state index contributed by atoms with van der Waals surface area (Å²) in [4.78, 5) is 28.5. The van der Waals surface area contributed by atoms with E-state index in [1.807, 2.05) is 30.3 Å². The molecular formula is C16H22N2O4. The van der Waals surface area contributed by atoms with Gasteiger partial charge in [0.2, 0.25) is 0 Å². The summed E-state index contributed by atoms with van der Waals surface area (Å²) in [7, 11) is 2.93. The van der Waals surface area contributed by atoms with Crippen LogP contribution in [0.1, 0.15) is 12.0 Å². The Morgan fingerprint density at radius 3 is 2.64 bits per heavy atom. The molecule has 120 valence electrons. The first kappa shape index (κ1) is 17.7. The van der Waals surface area contributed by atoms with Crippen molar-refractivity contribution in [2.24, 2.45) is 5.92 Å². The summed E-state index contributed by atoms with van der Waals surface area (Å²) in [5.74, 6) is -0.669. The molecule has 0 fully saturated rings. The fourth-order valence-electron chi connectivity index (χ4n) is 1.80. The number of ether oxygens (including phenoxy) is 1. The van der Waals surface area contributed by atoms with Crippen LogP contribution in [-0.4, -0.2) is 37.8 Å². The third-order valence-electron chi connectivity index (χ3n) is 3.09. The van der Waals surface area contributed by atoms with Crippen LogP contribution in [0.25, 0.3) is 0 Å². The van der Waals surface area contributed by atoms with E-state index in [9.17, 15) is 9.59 Å². The Bertz CT molecular complexity index is 490. The molecule has 1 aromatic rings. The van der Waals surface area contributed by atoms with E-state index in [0.29, 0.717) is 6.42 Å². The number of amides is 2. The second-order valence-electron chi connectivity index (χ2n) is 4.68. The number of nitrogens with one attached hydrogen (secondary N) is 1. The van der Waals surface area contributed by atoms with Gasteiger partial charge in [-0.05, 0) is 12.0 Å². The zero-order valence-electron chi connectivity index (χ0n) is 13.0. The van der Waals surface area contributed by atoms with Gasteiger partial charge in [0, 0.05) is 13.6 Å². The molecule has 2 amide bonds. The third-order valence-corrected chi connectivity index (χ3v) is 3.09. The highest BCUT2D eigenvalue weighted by atomic mass is 16.7. The van der Waals surface area contributed by atoms with Gasteiger partial charge in [0.25, 0.3) is 5.91 Å². The second kappa shape index (κ2) is 9.57. The number of hydroxylamine groups is 2. The summed E-state index contributed by atoms with van der Waals surface area (Å²) < 4.78 is 5.09. The molecule has 0 radical (unpaired) electrons. The summed E-state index contributed by atoms with van der Waals surface area (Å²) in [6.07, 6.45) is 1.50. The fourth-order valence-corrected chi connectivity index (χ4v) is 1.80. The lowest BCUT2D eigenvalue weighted by molar-refractivity contribution is -0.173. The molecule has 0 aromatic heterocycles. The molecule has 0 aliphatic carbocycles. The number of alkyl carbamates (subject to hydrolysis) is 1. The summed E-state index contributed by atoms with van der Waals surface area (Å²) in [5.41, 5.74) is 0.899. The smallest absolute Gasteiger partial charge is 0.407 e. The Kier molecular flexibility index (Phi) is 7.70. The van der Waals surface area contributed by atoms with E-state index in [1.165, 1.54) is 14.2 Å². The van der Waals surface area contributed by atoms with E-state index in [4.69, 9.17) is 9.57 Å². The molecular weight excluding hydrogens is 284 g/mol. The molecule has 6 nitrogen and oxygen atoms in total. The van der Waals surface area contributed by atoms with Crippen molar-refractivity contribution >= 4 is 12.0 Å². The number of hydrogen-bond donors (Lipinski definition) is 1. The molecule has 0 spiro atoms. The Morgan fingerprint density at radius 2 is 2.05 bits per heavy atom. The Morgan fingerprint density at radius 1 is 1.36 bits per heavy atom. The monoisotopic (exact) mass is 306 g/mol. The topological polar surface area (TPSA) is 67.9 Å². The Hall–Kier alpha value is -2.34. The Balaban J connectivity index is 2.42. The van der Waals surface area contributed by atoms with Gasteiger partial charge >= 0.3 is 6.09 Å². The lowest BCUT2D eigenvalue weighted by Gasteiger charge is -2.21. The van der Waals surface area contributed by atoms with Gasteiger partial charge in [0.1, 0.15) is 6.61 Å². The predicted octanol–water partition coefficient (Wildman–Crippen LogP) is 2.12. The highest BCUT2D eigenvalue weighted by Crippen LogP contribution is 2.07. The van der Waals surface area contributed by atoms with Crippen LogP contribution in [0.15, 0.2) is 43.0 Å². The molecule has 0 saturated heterocycles. The van der Waals surface area contributed by atoms with Crippen molar-refractivity contribution in [1.82, 2.24) is 10.4 Å². The normalized spacial score (nSPS) is 11.4. The van der Waals surface area contributed by atoms with E-state index in [1.54, 1.807) is 6.08 Å². The van der Waals surface area contributed by atoms with Gasteiger partial charge in [-0.25, -0.2) is 9.86 Å². The first-order valence-electron chi connectivity index (χ1n) is 6.95. The van der Waals surface area contributed by atoms with Crippen molar-refractivity contribution in [3.63, 3.8) is 0 Å². The van der Waals surface area contributed by atoms with Crippen molar-refractivity contribution in [3.05, 3.63) is 48.6 Å². The number of carbonyl (C=O) groups is 2. The second-order valence-corrected chi connectivity index (χ2v) is 4.68. The average molecular weight is 306 g/mol. The molecule has 1 atom stereocenters. The van der Waals surface area contributed by atoms with Crippen LogP contribution >= 0.6 is 0 Å². The minimum absolute atomic E-state index is 0.159. The lowest BCUT2D eigenvalue weighted by atomic mass is 10.0. The molecule has 1 rings (SSSR count). The highest BCUT2D eigenvalue weighted by Gasteiger charge is 2.22. The number of benzene rings is 1. The molecule has 1 N–H and O–H groups in total. The highest BCUT2D eigenvalue weighted by molar-refractivity contribution is 5.78. The minimum atomic E-state index is -0.564. The van der Waals surface area contributed by atoms with Gasteiger partial charge in [-0.15, -0.1) is 6.58 Å². The number of allylic oxidation sites excluding steroid dienone is 1. The van der Waals surface area contributed by atoms with Crippen molar-refractivity contribution < 1.29 is 19.2 Å². The van der Waals surface area contributed by atoms with E-state index in [-0.39, 0.29) is 19.1 Å². The van der Waals surface area contributed by atoms with E-state index in [0.717, 1.165) is 10.6 Å². The van der Waals surface area contributed by atoms with Gasteiger partial charge in [-0.1, -0.05) is 36.4 Å². The maximum absolute atomic E-state index is 12.0. The van der Waals surface area contributed by atoms with Crippen molar-refractivity contribution in [3.8, 4) is 0 Å². The van der Waals surface area contributed by atoms with Crippen molar-refractivity contribution in [1.29, 1.82) is 0 Å². The lowest BCUT2D eigenvalue weighted by Crippen LogP contribution is -2.39. The summed E-state index contributed by atoms with van der Waals surface area (Å²) in [6.45, 7) is 3.96. The molecule has 0 saturated carbocycles. The molecule has 0 bridgehead atoms. The fraction of sp³-hybridized carbons (Fsp3) is 0.375. The molecule has 0 heterocycles. The number of nitrogens with zero attached hydrogens (tertiary/aromatic N) is 1. The van der Waals surface area contributed by atoms with Crippen LogP contribution < -0.4 is 5.32 Å². The Labute approximate surface area is 130 Å². The maximum Gasteiger partial charge on any atom is 0.407 e. The number of rotatable bonds is 8. The number of hydrogen-bond acceptors (Lipinski definition) is 4. The molecule has 0 aliphatic heterocycles. The summed E-state index contributed by atoms with van der Waals surface area (Å²) in [5, 5.41) is 3.72. The summed E-state index contributed by atoms with van der Waals surface area (Å²) in [6, 6.07) is 9.36. The van der Waals surface area contributed by atoms with Crippen LogP contribution in [0.5, 0.6) is 0 Å². The van der Waals surface area contributed by atoms with Crippen molar-refractivity contribution in [2.75, 3.05) is 20.7 Å². The minimum Gasteiger partial charge on any atom is -0.445 e. The van der Waals surface area contributed by atoms with Crippen LogP contribution in [-0.2, 0) is 21.0 Å². The SMILES string of the molecule is C=CCC(CNC(=O)OCc1ccccc1)C(=O)N(C)OC. The first-order chi connectivity index (χ1) is 10.6. The van der Waals surface area contributed by atoms with Crippen LogP contribution in [0.4, 0.5) is 4.79 Å². The third kappa shape index (κ3) is 5.97. The molecule has 0 aliphatic rings. The zero-order valence-corrected chi connectivity index (χ0v) is 13.0. The average Bonchev–Trinajstić information content (AvgIpc) is 2.56. The van der Waals surface area contributed by atoms with Gasteiger partial charge in [0.05, 0.1) is 13.0 Å². The predicted molar refractivity (Wildman–Crippen MR) is 82.7 cm³/mol. The van der Waals surface area contributed by atoms with Crippen LogP contribution in [0, 0.1) is 5.92 Å². The largest absolute Gasteiger partial charge is 0.445 e. The first-order valence-corrected chi connectivity index (χ1v) is 6.95. The summed E-state index contributed by atoms with van der Waals surface area (Å²) >= 11 is 0. The van der Waals surface area contributed by atoms with Gasteiger partial charge < -0.3 is 10.1 Å². The van der Waals surface area contributed by atoms with Crippen LogP contribution in [0.3, 0.4) is 0 Å². The van der Waals surface area contributed by atoms with Gasteiger partial charge in [0.15, 0.2) is 0 Å². The quantitative estimate of drug-likeness (QED) is 0.590. The van der Waals surface area contributed by atoms with E-state index >= 15 is 0 Å². The molecule has 1 aromatic carbocycles. The van der Waals surface area contributed by atoms with E-state index < -0.39 is 12.0 Å². The van der Waals surface area contributed by atoms with Crippen molar-refractivity contribution in [2.45, 2.75) is 13.0 Å². The van der Waals surface area contributed by atoms with Gasteiger partial charge in [-0.2, -0.15) is 0 Å². The maximum atomic E-state index is 12.0. The number of carbonyl (C=O) groups excluding carboxylic acids is 2. The standard InChI is InChI=1S/C16H22N2O4/c1-4-8-14(15(19)18(2)21-3)11-17-16(20)22-12-13-9-6-5-7-10-13/h4-7,9-10,14H,1,8,11-12H2,2-3H3,(H,17,20).